The summed E-state index contributed by atoms with van der Waals surface area (Å²) in [6, 6.07) is 11.2. The third-order valence-corrected chi connectivity index (χ3v) is 5.71. The first kappa shape index (κ1) is 19.9. The molecule has 1 unspecified atom stereocenters. The van der Waals surface area contributed by atoms with Crippen molar-refractivity contribution in [1.29, 1.82) is 5.26 Å². The van der Waals surface area contributed by atoms with Crippen LogP contribution in [0.1, 0.15) is 50.0 Å². The van der Waals surface area contributed by atoms with Crippen molar-refractivity contribution in [2.45, 2.75) is 51.6 Å². The molecule has 1 fully saturated rings. The molecule has 2 amide bonds. The van der Waals surface area contributed by atoms with Crippen molar-refractivity contribution in [3.8, 4) is 6.07 Å². The van der Waals surface area contributed by atoms with Crippen molar-refractivity contribution >= 4 is 22.7 Å². The molecule has 1 aromatic heterocycles. The third kappa shape index (κ3) is 4.04. The van der Waals surface area contributed by atoms with E-state index in [0.717, 1.165) is 36.6 Å². The Morgan fingerprint density at radius 1 is 1.21 bits per heavy atom. The molecule has 1 aliphatic rings. The molecule has 0 spiro atoms. The van der Waals surface area contributed by atoms with Gasteiger partial charge in [0.25, 0.3) is 5.91 Å². The van der Waals surface area contributed by atoms with Crippen molar-refractivity contribution in [3.05, 3.63) is 36.0 Å². The van der Waals surface area contributed by atoms with Crippen molar-refractivity contribution in [2.75, 3.05) is 0 Å². The average Bonchev–Trinajstić information content (AvgIpc) is 3.03. The van der Waals surface area contributed by atoms with Gasteiger partial charge in [-0.25, -0.2) is 0 Å². The topological polar surface area (TPSA) is 86.9 Å². The zero-order valence-electron chi connectivity index (χ0n) is 16.7. The molecule has 0 saturated heterocycles. The fourth-order valence-electron chi connectivity index (χ4n) is 3.97. The number of nitrogens with zero attached hydrogens (tertiary/aromatic N) is 2. The summed E-state index contributed by atoms with van der Waals surface area (Å²) in [6.45, 7) is 3.82. The van der Waals surface area contributed by atoms with Crippen LogP contribution in [0, 0.1) is 23.2 Å². The second kappa shape index (κ2) is 8.47. The number of aromatic nitrogens is 1. The molecule has 6 nitrogen and oxygen atoms in total. The highest BCUT2D eigenvalue weighted by atomic mass is 16.2. The fraction of sp³-hybridized carbons (Fsp3) is 0.500. The molecule has 1 aliphatic carbocycles. The Kier molecular flexibility index (Phi) is 6.03. The Morgan fingerprint density at radius 3 is 2.61 bits per heavy atom. The quantitative estimate of drug-likeness (QED) is 0.835. The van der Waals surface area contributed by atoms with Gasteiger partial charge in [0.05, 0.1) is 12.0 Å². The van der Waals surface area contributed by atoms with Crippen LogP contribution in [-0.4, -0.2) is 28.5 Å². The molecule has 148 valence electrons. The highest BCUT2D eigenvalue weighted by Gasteiger charge is 2.34. The van der Waals surface area contributed by atoms with Gasteiger partial charge in [0, 0.05) is 24.0 Å². The largest absolute Gasteiger partial charge is 0.347 e. The Morgan fingerprint density at radius 2 is 1.93 bits per heavy atom. The molecule has 0 bridgehead atoms. The molecule has 0 aliphatic heterocycles. The lowest BCUT2D eigenvalue weighted by molar-refractivity contribution is -0.127. The third-order valence-electron chi connectivity index (χ3n) is 5.71. The summed E-state index contributed by atoms with van der Waals surface area (Å²) in [5.74, 6) is -0.560. The molecule has 3 atom stereocenters. The van der Waals surface area contributed by atoms with Crippen LogP contribution in [0.3, 0.4) is 0 Å². The van der Waals surface area contributed by atoms with Gasteiger partial charge < -0.3 is 15.2 Å². The van der Waals surface area contributed by atoms with Crippen LogP contribution >= 0.6 is 0 Å². The van der Waals surface area contributed by atoms with Crippen LogP contribution in [0.15, 0.2) is 30.3 Å². The van der Waals surface area contributed by atoms with E-state index in [1.54, 1.807) is 0 Å². The van der Waals surface area contributed by atoms with Crippen molar-refractivity contribution in [2.24, 2.45) is 18.9 Å². The number of carbonyl (C=O) groups excluding carboxylic acids is 2. The zero-order chi connectivity index (χ0) is 20.3. The molecule has 2 N–H and O–H groups in total. The molecule has 1 saturated carbocycles. The van der Waals surface area contributed by atoms with Crippen LogP contribution in [0.4, 0.5) is 0 Å². The van der Waals surface area contributed by atoms with E-state index in [-0.39, 0.29) is 29.7 Å². The molecule has 3 rings (SSSR count). The molecule has 6 heteroatoms. The summed E-state index contributed by atoms with van der Waals surface area (Å²) in [4.78, 5) is 25.7. The van der Waals surface area contributed by atoms with Gasteiger partial charge >= 0.3 is 0 Å². The minimum absolute atomic E-state index is 0.0429. The summed E-state index contributed by atoms with van der Waals surface area (Å²) >= 11 is 0. The van der Waals surface area contributed by atoms with Gasteiger partial charge in [0.15, 0.2) is 0 Å². The van der Waals surface area contributed by atoms with Crippen LogP contribution in [0.2, 0.25) is 0 Å². The van der Waals surface area contributed by atoms with Gasteiger partial charge in [-0.05, 0) is 30.9 Å². The molecular weight excluding hydrogens is 352 g/mol. The lowest BCUT2D eigenvalue weighted by Gasteiger charge is -2.32. The van der Waals surface area contributed by atoms with Crippen LogP contribution in [0.5, 0.6) is 0 Å². The highest BCUT2D eigenvalue weighted by Crippen LogP contribution is 2.26. The number of carbonyl (C=O) groups is 2. The number of nitrogens with one attached hydrogen (secondary N) is 2. The summed E-state index contributed by atoms with van der Waals surface area (Å²) in [5, 5.41) is 16.2. The van der Waals surface area contributed by atoms with E-state index >= 15 is 0 Å². The maximum absolute atomic E-state index is 12.9. The summed E-state index contributed by atoms with van der Waals surface area (Å²) in [6.07, 6.45) is 3.43. The fourth-order valence-corrected chi connectivity index (χ4v) is 3.97. The summed E-state index contributed by atoms with van der Waals surface area (Å²) < 4.78 is 1.88. The molecule has 28 heavy (non-hydrogen) atoms. The van der Waals surface area contributed by atoms with E-state index < -0.39 is 6.04 Å². The number of hydrogen-bond donors (Lipinski definition) is 2. The Bertz CT molecular complexity index is 909. The molecule has 1 heterocycles. The van der Waals surface area contributed by atoms with Gasteiger partial charge in [-0.2, -0.15) is 5.26 Å². The molecule has 0 radical (unpaired) electrons. The zero-order valence-corrected chi connectivity index (χ0v) is 16.7. The normalized spacial score (nSPS) is 20.5. The smallest absolute Gasteiger partial charge is 0.268 e. The van der Waals surface area contributed by atoms with Gasteiger partial charge in [0.2, 0.25) is 5.91 Å². The average molecular weight is 380 g/mol. The van der Waals surface area contributed by atoms with E-state index in [2.05, 4.69) is 16.7 Å². The Labute approximate surface area is 165 Å². The molecule has 1 aromatic carbocycles. The predicted octanol–water partition coefficient (Wildman–Crippen LogP) is 3.13. The maximum Gasteiger partial charge on any atom is 0.268 e. The molecular formula is C22H28N4O2. The Hall–Kier alpha value is -2.81. The van der Waals surface area contributed by atoms with Gasteiger partial charge in [-0.15, -0.1) is 0 Å². The highest BCUT2D eigenvalue weighted by molar-refractivity contribution is 5.99. The predicted molar refractivity (Wildman–Crippen MR) is 109 cm³/mol. The lowest BCUT2D eigenvalue weighted by Crippen LogP contribution is -2.51. The number of fused-ring (bicyclic) bond motifs is 1. The van der Waals surface area contributed by atoms with Gasteiger partial charge in [-0.3, -0.25) is 9.59 Å². The first-order chi connectivity index (χ1) is 13.4. The van der Waals surface area contributed by atoms with Crippen molar-refractivity contribution < 1.29 is 9.59 Å². The molecule has 2 aromatic rings. The van der Waals surface area contributed by atoms with Crippen LogP contribution in [0.25, 0.3) is 10.9 Å². The first-order valence-electron chi connectivity index (χ1n) is 9.97. The van der Waals surface area contributed by atoms with E-state index in [0.29, 0.717) is 5.69 Å². The minimum atomic E-state index is -0.510. The van der Waals surface area contributed by atoms with Gasteiger partial charge in [-0.1, -0.05) is 44.9 Å². The second-order valence-corrected chi connectivity index (χ2v) is 7.98. The number of rotatable bonds is 5. The number of nitriles is 1. The van der Waals surface area contributed by atoms with E-state index in [1.807, 2.05) is 55.8 Å². The van der Waals surface area contributed by atoms with E-state index in [9.17, 15) is 14.9 Å². The number of amides is 2. The number of hydrogen-bond acceptors (Lipinski definition) is 3. The monoisotopic (exact) mass is 380 g/mol. The number of benzene rings is 1. The summed E-state index contributed by atoms with van der Waals surface area (Å²) in [5.41, 5.74) is 1.59. The Balaban J connectivity index is 1.75. The number of para-hydroxylation sites is 1. The SMILES string of the molecule is CC(C)C(C#N)NC(=O)[C@@H]1CCCC[C@@H]1NC(=O)c1cc2ccccc2n1C. The lowest BCUT2D eigenvalue weighted by atomic mass is 9.83. The number of aryl methyl sites for hydroxylation is 1. The van der Waals surface area contributed by atoms with Crippen LogP contribution in [-0.2, 0) is 11.8 Å². The standard InChI is InChI=1S/C22H28N4O2/c1-14(2)18(13-23)25-21(27)16-9-5-6-10-17(16)24-22(28)20-12-15-8-4-7-11-19(15)26(20)3/h4,7-8,11-12,14,16-18H,5-6,9-10H2,1-3H3,(H,24,28)(H,25,27)/t16-,17+,18?/m1/s1. The van der Waals surface area contributed by atoms with E-state index in [1.165, 1.54) is 0 Å². The van der Waals surface area contributed by atoms with E-state index in [4.69, 9.17) is 0 Å². The second-order valence-electron chi connectivity index (χ2n) is 7.98. The van der Waals surface area contributed by atoms with Gasteiger partial charge in [0.1, 0.15) is 11.7 Å². The maximum atomic E-state index is 12.9. The van der Waals surface area contributed by atoms with Crippen molar-refractivity contribution in [1.82, 2.24) is 15.2 Å². The van der Waals surface area contributed by atoms with Crippen LogP contribution < -0.4 is 10.6 Å². The minimum Gasteiger partial charge on any atom is -0.347 e. The first-order valence-corrected chi connectivity index (χ1v) is 9.97. The van der Waals surface area contributed by atoms with Crippen molar-refractivity contribution in [3.63, 3.8) is 0 Å². The summed E-state index contributed by atoms with van der Waals surface area (Å²) in [7, 11) is 1.88.